The van der Waals surface area contributed by atoms with Crippen LogP contribution in [-0.4, -0.2) is 121 Å². The van der Waals surface area contributed by atoms with E-state index in [1.165, 1.54) is 9.80 Å². The number of nitrogens with one attached hydrogen (secondary N) is 2. The molecule has 5 aliphatic rings. The number of benzene rings is 2. The van der Waals surface area contributed by atoms with Crippen LogP contribution in [0.5, 0.6) is 0 Å². The summed E-state index contributed by atoms with van der Waals surface area (Å²) >= 11 is 0. The molecule has 12 nitrogen and oxygen atoms in total. The van der Waals surface area contributed by atoms with Crippen molar-refractivity contribution in [2.75, 3.05) is 77.9 Å². The van der Waals surface area contributed by atoms with Crippen LogP contribution in [0.4, 0.5) is 51.3 Å². The fourth-order valence-corrected chi connectivity index (χ4v) is 7.89. The number of aromatic nitrogens is 3. The van der Waals surface area contributed by atoms with Gasteiger partial charge in [0.05, 0.1) is 38.5 Å². The van der Waals surface area contributed by atoms with Crippen LogP contribution < -0.4 is 25.3 Å². The number of urea groups is 1. The van der Waals surface area contributed by atoms with E-state index in [2.05, 4.69) is 49.2 Å². The number of carbonyl (C=O) groups is 1. The molecule has 272 valence electrons. The van der Waals surface area contributed by atoms with Crippen molar-refractivity contribution in [3.8, 4) is 11.4 Å². The summed E-state index contributed by atoms with van der Waals surface area (Å²) in [6.45, 7) is 8.07. The number of nitrogens with zero attached hydrogens (tertiary/aromatic N) is 7. The zero-order valence-corrected chi connectivity index (χ0v) is 28.4. The lowest BCUT2D eigenvalue weighted by molar-refractivity contribution is -0.0248. The molecule has 8 rings (SSSR count). The molecular weight excluding hydrogens is 670 g/mol. The maximum Gasteiger partial charge on any atom is 0.323 e. The predicted octanol–water partition coefficient (Wildman–Crippen LogP) is 4.94. The van der Waals surface area contributed by atoms with Crippen LogP contribution in [0.15, 0.2) is 48.5 Å². The summed E-state index contributed by atoms with van der Waals surface area (Å²) in [4.78, 5) is 34.3. The van der Waals surface area contributed by atoms with E-state index in [0.29, 0.717) is 23.0 Å². The Kier molecular flexibility index (Phi) is 8.66. The summed E-state index contributed by atoms with van der Waals surface area (Å²) in [6, 6.07) is 10.6. The first-order valence-electron chi connectivity index (χ1n) is 17.5. The fraction of sp³-hybridized carbons (Fsp3) is 0.543. The summed E-state index contributed by atoms with van der Waals surface area (Å²) < 4.78 is 70.9. The number of hydrogen-bond acceptors (Lipinski definition) is 10. The monoisotopic (exact) mass is 711 g/mol. The molecule has 51 heavy (non-hydrogen) atoms. The smallest absolute Gasteiger partial charge is 0.323 e. The highest BCUT2D eigenvalue weighted by Gasteiger charge is 2.59. The largest absolute Gasteiger partial charge is 0.377 e. The number of rotatable bonds is 7. The van der Waals surface area contributed by atoms with Crippen LogP contribution in [0.2, 0.25) is 0 Å². The van der Waals surface area contributed by atoms with Gasteiger partial charge in [-0.05, 0) is 62.4 Å². The molecule has 2 aromatic carbocycles. The quantitative estimate of drug-likeness (QED) is 0.327. The van der Waals surface area contributed by atoms with Crippen molar-refractivity contribution >= 4 is 35.0 Å². The maximum absolute atomic E-state index is 15.0. The number of amides is 2. The van der Waals surface area contributed by atoms with Gasteiger partial charge in [0.25, 0.3) is 11.8 Å². The van der Waals surface area contributed by atoms with E-state index in [0.717, 1.165) is 31.9 Å². The van der Waals surface area contributed by atoms with Crippen molar-refractivity contribution in [3.05, 3.63) is 48.5 Å². The lowest BCUT2D eigenvalue weighted by Gasteiger charge is -2.38. The topological polar surface area (TPSA) is 111 Å². The highest BCUT2D eigenvalue weighted by molar-refractivity contribution is 6.00. The van der Waals surface area contributed by atoms with Gasteiger partial charge in [0, 0.05) is 67.7 Å². The number of ether oxygens (including phenoxy) is 2. The Balaban J connectivity index is 0.992. The summed E-state index contributed by atoms with van der Waals surface area (Å²) in [5, 5.41) is 5.67. The third kappa shape index (κ3) is 6.53. The third-order valence-corrected chi connectivity index (χ3v) is 10.6. The van der Waals surface area contributed by atoms with Gasteiger partial charge in [-0.15, -0.1) is 0 Å². The zero-order valence-electron chi connectivity index (χ0n) is 28.4. The molecule has 6 heterocycles. The SMILES string of the molecule is CC(C)N1CCN(c2ccc(NC(=O)Nc3ccc(-c4nc(N5C6COCC5C(F)(F)C6)nc(N5C6COCC5C(F)(F)C6)n4)cc3)cc2)CC1. The van der Waals surface area contributed by atoms with E-state index >= 15 is 17.6 Å². The molecule has 4 bridgehead atoms. The molecule has 5 saturated heterocycles. The first-order valence-corrected chi connectivity index (χ1v) is 17.5. The van der Waals surface area contributed by atoms with Crippen molar-refractivity contribution in [1.82, 2.24) is 19.9 Å². The minimum atomic E-state index is -3.03. The van der Waals surface area contributed by atoms with Gasteiger partial charge in [-0.3, -0.25) is 4.90 Å². The van der Waals surface area contributed by atoms with Gasteiger partial charge in [0.1, 0.15) is 12.1 Å². The minimum absolute atomic E-state index is 0.00917. The number of carbonyl (C=O) groups excluding carboxylic acids is 1. The van der Waals surface area contributed by atoms with Gasteiger partial charge in [-0.2, -0.15) is 15.0 Å². The Morgan fingerprint density at radius 1 is 0.725 bits per heavy atom. The fourth-order valence-electron chi connectivity index (χ4n) is 7.89. The van der Waals surface area contributed by atoms with Crippen LogP contribution in [0.25, 0.3) is 11.4 Å². The van der Waals surface area contributed by atoms with Crippen molar-refractivity contribution in [1.29, 1.82) is 0 Å². The molecule has 1 aromatic heterocycles. The minimum Gasteiger partial charge on any atom is -0.377 e. The molecule has 0 radical (unpaired) electrons. The second-order valence-electron chi connectivity index (χ2n) is 14.2. The molecule has 5 fully saturated rings. The second-order valence-corrected chi connectivity index (χ2v) is 14.2. The molecule has 2 N–H and O–H groups in total. The lowest BCUT2D eigenvalue weighted by atomic mass is 10.1. The van der Waals surface area contributed by atoms with E-state index in [1.807, 2.05) is 24.3 Å². The molecule has 0 spiro atoms. The number of piperazine rings is 1. The number of morpholine rings is 2. The first-order chi connectivity index (χ1) is 24.4. The number of fused-ring (bicyclic) bond motifs is 4. The van der Waals surface area contributed by atoms with Gasteiger partial charge in [-0.25, -0.2) is 22.4 Å². The highest BCUT2D eigenvalue weighted by atomic mass is 19.3. The lowest BCUT2D eigenvalue weighted by Crippen LogP contribution is -2.52. The number of hydrogen-bond donors (Lipinski definition) is 2. The summed E-state index contributed by atoms with van der Waals surface area (Å²) in [6.07, 6.45) is -0.839. The number of alkyl halides is 4. The molecule has 3 aromatic rings. The maximum atomic E-state index is 15.0. The van der Waals surface area contributed by atoms with Crippen molar-refractivity contribution in [2.45, 2.75) is 68.7 Å². The van der Waals surface area contributed by atoms with Gasteiger partial charge in [-0.1, -0.05) is 0 Å². The number of halogens is 4. The Labute approximate surface area is 293 Å². The number of anilines is 5. The second kappa shape index (κ2) is 13.0. The van der Waals surface area contributed by atoms with Crippen molar-refractivity contribution in [2.24, 2.45) is 0 Å². The summed E-state index contributed by atoms with van der Waals surface area (Å²) in [7, 11) is 0. The zero-order chi connectivity index (χ0) is 35.5. The van der Waals surface area contributed by atoms with Gasteiger partial charge in [0.2, 0.25) is 11.9 Å². The molecular formula is C35H41F4N9O3. The molecule has 4 unspecified atom stereocenters. The Bertz CT molecular complexity index is 1680. The normalized spacial score (nSPS) is 26.8. The van der Waals surface area contributed by atoms with E-state index in [9.17, 15) is 4.79 Å². The standard InChI is InChI=1S/C35H41F4N9O3/c1-21(2)45-11-13-46(14-12-45)25-9-7-24(8-10-25)41-33(49)40-23-5-3-22(4-6-23)30-42-31(47-26-15-34(36,37)28(47)19-50-17-26)44-32(43-30)48-27-16-35(38,39)29(48)20-51-18-27/h3-10,21,26-29H,11-20H2,1-2H3,(H2,40,41,49). The molecule has 16 heteroatoms. The average molecular weight is 712 g/mol. The van der Waals surface area contributed by atoms with Gasteiger partial charge in [0.15, 0.2) is 5.82 Å². The van der Waals surface area contributed by atoms with Gasteiger partial charge >= 0.3 is 6.03 Å². The van der Waals surface area contributed by atoms with Crippen LogP contribution in [-0.2, 0) is 9.47 Å². The van der Waals surface area contributed by atoms with Crippen LogP contribution in [0.1, 0.15) is 26.7 Å². The molecule has 0 aliphatic carbocycles. The first kappa shape index (κ1) is 33.8. The molecule has 5 aliphatic heterocycles. The van der Waals surface area contributed by atoms with Crippen LogP contribution in [0.3, 0.4) is 0 Å². The molecule has 2 amide bonds. The predicted molar refractivity (Wildman–Crippen MR) is 184 cm³/mol. The Morgan fingerprint density at radius 3 is 1.69 bits per heavy atom. The molecule has 4 atom stereocenters. The Morgan fingerprint density at radius 2 is 1.22 bits per heavy atom. The third-order valence-electron chi connectivity index (χ3n) is 10.6. The highest BCUT2D eigenvalue weighted by Crippen LogP contribution is 2.45. The average Bonchev–Trinajstić information content (AvgIpc) is 3.37. The van der Waals surface area contributed by atoms with Crippen LogP contribution in [0, 0.1) is 0 Å². The molecule has 0 saturated carbocycles. The summed E-state index contributed by atoms with van der Waals surface area (Å²) in [5.74, 6) is -5.94. The summed E-state index contributed by atoms with van der Waals surface area (Å²) in [5.41, 5.74) is 2.73. The van der Waals surface area contributed by atoms with E-state index in [-0.39, 0.29) is 44.1 Å². The van der Waals surface area contributed by atoms with Crippen molar-refractivity contribution in [3.63, 3.8) is 0 Å². The van der Waals surface area contributed by atoms with Crippen molar-refractivity contribution < 1.29 is 31.8 Å². The van der Waals surface area contributed by atoms with E-state index in [4.69, 9.17) is 9.47 Å². The van der Waals surface area contributed by atoms with Gasteiger partial charge < -0.3 is 34.8 Å². The Hall–Kier alpha value is -4.28. The van der Waals surface area contributed by atoms with E-state index < -0.39 is 54.9 Å². The van der Waals surface area contributed by atoms with Crippen LogP contribution >= 0.6 is 0 Å². The van der Waals surface area contributed by atoms with E-state index in [1.54, 1.807) is 24.3 Å².